The molecule has 0 fully saturated rings. The van der Waals surface area contributed by atoms with E-state index in [1.165, 1.54) is 7.11 Å². The summed E-state index contributed by atoms with van der Waals surface area (Å²) in [5.74, 6) is -0.797. The summed E-state index contributed by atoms with van der Waals surface area (Å²) in [6, 6.07) is 8.18. The van der Waals surface area contributed by atoms with Crippen LogP contribution in [0.15, 0.2) is 36.4 Å². The van der Waals surface area contributed by atoms with E-state index in [0.29, 0.717) is 11.3 Å². The number of halogens is 1. The Morgan fingerprint density at radius 2 is 1.90 bits per heavy atom. The highest BCUT2D eigenvalue weighted by molar-refractivity contribution is 5.53. The van der Waals surface area contributed by atoms with Crippen molar-refractivity contribution in [3.63, 3.8) is 0 Å². The third-order valence-electron chi connectivity index (χ3n) is 2.76. The number of hydrogen-bond donors (Lipinski definition) is 1. The van der Waals surface area contributed by atoms with Crippen molar-refractivity contribution in [3.8, 4) is 17.2 Å². The summed E-state index contributed by atoms with van der Waals surface area (Å²) in [6.07, 6.45) is 0. The van der Waals surface area contributed by atoms with E-state index in [1.807, 2.05) is 0 Å². The molecule has 2 aromatic rings. The second kappa shape index (κ2) is 6.19. The molecule has 7 heteroatoms. The number of aliphatic hydroxyl groups excluding tert-OH is 1. The van der Waals surface area contributed by atoms with E-state index in [-0.39, 0.29) is 18.1 Å². The Kier molecular flexibility index (Phi) is 4.34. The third-order valence-corrected chi connectivity index (χ3v) is 2.76. The number of benzene rings is 2. The molecule has 0 radical (unpaired) electrons. The molecule has 0 aliphatic heterocycles. The van der Waals surface area contributed by atoms with Gasteiger partial charge in [0.15, 0.2) is 11.6 Å². The molecule has 2 aromatic carbocycles. The fraction of sp³-hybridized carbons (Fsp3) is 0.143. The molecule has 0 aliphatic rings. The highest BCUT2D eigenvalue weighted by Gasteiger charge is 2.21. The minimum Gasteiger partial charge on any atom is -0.494 e. The summed E-state index contributed by atoms with van der Waals surface area (Å²) >= 11 is 0. The summed E-state index contributed by atoms with van der Waals surface area (Å²) in [6.45, 7) is -0.120. The van der Waals surface area contributed by atoms with Crippen molar-refractivity contribution in [1.29, 1.82) is 0 Å². The first-order valence-electron chi connectivity index (χ1n) is 5.94. The highest BCUT2D eigenvalue weighted by Crippen LogP contribution is 2.36. The molecular formula is C14H12FNO5. The second-order valence-electron chi connectivity index (χ2n) is 4.12. The van der Waals surface area contributed by atoms with Crippen LogP contribution in [0.5, 0.6) is 17.2 Å². The number of hydrogen-bond acceptors (Lipinski definition) is 5. The first kappa shape index (κ1) is 14.7. The molecule has 0 amide bonds. The predicted molar refractivity (Wildman–Crippen MR) is 72.0 cm³/mol. The standard InChI is InChI=1S/C14H12FNO5/c1-20-13-7-14(12(16(18)19)6-11(13)15)21-10-4-2-9(8-17)3-5-10/h2-7,17H,8H2,1H3. The zero-order valence-corrected chi connectivity index (χ0v) is 11.1. The van der Waals surface area contributed by atoms with E-state index < -0.39 is 16.4 Å². The van der Waals surface area contributed by atoms with Gasteiger partial charge in [0, 0.05) is 6.07 Å². The molecule has 6 nitrogen and oxygen atoms in total. The number of nitro benzene ring substituents is 1. The minimum absolute atomic E-state index is 0.120. The lowest BCUT2D eigenvalue weighted by molar-refractivity contribution is -0.385. The van der Waals surface area contributed by atoms with Gasteiger partial charge in [-0.3, -0.25) is 10.1 Å². The zero-order chi connectivity index (χ0) is 15.4. The van der Waals surface area contributed by atoms with Crippen molar-refractivity contribution < 1.29 is 23.9 Å². The Labute approximate surface area is 119 Å². The van der Waals surface area contributed by atoms with Crippen molar-refractivity contribution >= 4 is 5.69 Å². The summed E-state index contributed by atoms with van der Waals surface area (Å²) in [5.41, 5.74) is 0.174. The zero-order valence-electron chi connectivity index (χ0n) is 11.1. The van der Waals surface area contributed by atoms with E-state index in [0.717, 1.165) is 12.1 Å². The smallest absolute Gasteiger partial charge is 0.314 e. The molecule has 0 saturated heterocycles. The van der Waals surface area contributed by atoms with Gasteiger partial charge in [0.1, 0.15) is 5.75 Å². The van der Waals surface area contributed by atoms with Crippen molar-refractivity contribution in [3.05, 3.63) is 57.9 Å². The lowest BCUT2D eigenvalue weighted by atomic mass is 10.2. The summed E-state index contributed by atoms with van der Waals surface area (Å²) in [4.78, 5) is 10.2. The molecule has 0 spiro atoms. The normalized spacial score (nSPS) is 10.2. The van der Waals surface area contributed by atoms with Crippen LogP contribution in [-0.4, -0.2) is 17.1 Å². The van der Waals surface area contributed by atoms with Crippen molar-refractivity contribution in [2.45, 2.75) is 6.61 Å². The Morgan fingerprint density at radius 3 is 2.43 bits per heavy atom. The molecule has 0 heterocycles. The minimum atomic E-state index is -0.841. The maximum absolute atomic E-state index is 13.5. The maximum Gasteiger partial charge on any atom is 0.314 e. The predicted octanol–water partition coefficient (Wildman–Crippen LogP) is 3.03. The first-order chi connectivity index (χ1) is 10.0. The molecule has 110 valence electrons. The van der Waals surface area contributed by atoms with Gasteiger partial charge in [0.2, 0.25) is 5.75 Å². The molecule has 0 saturated carbocycles. The number of rotatable bonds is 5. The van der Waals surface area contributed by atoms with Gasteiger partial charge >= 0.3 is 5.69 Å². The molecule has 0 atom stereocenters. The van der Waals surface area contributed by atoms with E-state index in [2.05, 4.69) is 0 Å². The van der Waals surface area contributed by atoms with Crippen LogP contribution < -0.4 is 9.47 Å². The number of nitro groups is 1. The van der Waals surface area contributed by atoms with Gasteiger partial charge in [-0.2, -0.15) is 0 Å². The van der Waals surface area contributed by atoms with E-state index in [1.54, 1.807) is 24.3 Å². The summed E-state index contributed by atoms with van der Waals surface area (Å²) in [7, 11) is 1.25. The van der Waals surface area contributed by atoms with Crippen LogP contribution in [0, 0.1) is 15.9 Å². The lowest BCUT2D eigenvalue weighted by Crippen LogP contribution is -1.97. The fourth-order valence-corrected chi connectivity index (χ4v) is 1.69. The van der Waals surface area contributed by atoms with Gasteiger partial charge in [-0.15, -0.1) is 0 Å². The van der Waals surface area contributed by atoms with Crippen molar-refractivity contribution in [2.75, 3.05) is 7.11 Å². The molecular weight excluding hydrogens is 281 g/mol. The quantitative estimate of drug-likeness (QED) is 0.677. The van der Waals surface area contributed by atoms with Crippen LogP contribution in [0.4, 0.5) is 10.1 Å². The average molecular weight is 293 g/mol. The molecule has 0 aliphatic carbocycles. The fourth-order valence-electron chi connectivity index (χ4n) is 1.69. The monoisotopic (exact) mass is 293 g/mol. The maximum atomic E-state index is 13.5. The lowest BCUT2D eigenvalue weighted by Gasteiger charge is -2.09. The van der Waals surface area contributed by atoms with Crippen LogP contribution in [-0.2, 0) is 6.61 Å². The number of aliphatic hydroxyl groups is 1. The van der Waals surface area contributed by atoms with E-state index in [9.17, 15) is 14.5 Å². The van der Waals surface area contributed by atoms with Gasteiger partial charge < -0.3 is 14.6 Å². The Hall–Kier alpha value is -2.67. The molecule has 21 heavy (non-hydrogen) atoms. The Balaban J connectivity index is 2.38. The largest absolute Gasteiger partial charge is 0.494 e. The molecule has 0 unspecified atom stereocenters. The Morgan fingerprint density at radius 1 is 1.24 bits per heavy atom. The second-order valence-corrected chi connectivity index (χ2v) is 4.12. The topological polar surface area (TPSA) is 81.8 Å². The molecule has 0 bridgehead atoms. The molecule has 0 aromatic heterocycles. The van der Waals surface area contributed by atoms with Gasteiger partial charge in [0.25, 0.3) is 0 Å². The average Bonchev–Trinajstić information content (AvgIpc) is 2.49. The number of methoxy groups -OCH3 is 1. The SMILES string of the molecule is COc1cc(Oc2ccc(CO)cc2)c([N+](=O)[O-])cc1F. The van der Waals surface area contributed by atoms with Crippen LogP contribution in [0.25, 0.3) is 0 Å². The number of nitrogens with zero attached hydrogens (tertiary/aromatic N) is 1. The van der Waals surface area contributed by atoms with Gasteiger partial charge in [-0.1, -0.05) is 12.1 Å². The van der Waals surface area contributed by atoms with E-state index >= 15 is 0 Å². The van der Waals surface area contributed by atoms with Crippen LogP contribution in [0.3, 0.4) is 0 Å². The van der Waals surface area contributed by atoms with Crippen molar-refractivity contribution in [1.82, 2.24) is 0 Å². The van der Waals surface area contributed by atoms with Crippen LogP contribution in [0.1, 0.15) is 5.56 Å². The number of ether oxygens (including phenoxy) is 2. The summed E-state index contributed by atoms with van der Waals surface area (Å²) in [5, 5.41) is 19.9. The highest BCUT2D eigenvalue weighted by atomic mass is 19.1. The van der Waals surface area contributed by atoms with Gasteiger partial charge in [0.05, 0.1) is 24.7 Å². The molecule has 1 N–H and O–H groups in total. The van der Waals surface area contributed by atoms with Gasteiger partial charge in [-0.05, 0) is 17.7 Å². The van der Waals surface area contributed by atoms with Crippen molar-refractivity contribution in [2.24, 2.45) is 0 Å². The van der Waals surface area contributed by atoms with E-state index in [4.69, 9.17) is 14.6 Å². The van der Waals surface area contributed by atoms with Crippen LogP contribution in [0.2, 0.25) is 0 Å². The van der Waals surface area contributed by atoms with Crippen LogP contribution >= 0.6 is 0 Å². The van der Waals surface area contributed by atoms with Gasteiger partial charge in [-0.25, -0.2) is 4.39 Å². The Bertz CT molecular complexity index is 657. The first-order valence-corrected chi connectivity index (χ1v) is 5.94. The third kappa shape index (κ3) is 3.26. The summed E-state index contributed by atoms with van der Waals surface area (Å²) < 4.78 is 23.7. The molecule has 2 rings (SSSR count).